The Morgan fingerprint density at radius 1 is 0.430 bits per heavy atom. The van der Waals surface area contributed by atoms with Gasteiger partial charge in [0.05, 0.1) is 45.2 Å². The predicted molar refractivity (Wildman–Crippen MR) is 425 cm³/mol. The third-order valence-corrected chi connectivity index (χ3v) is 22.0. The van der Waals surface area contributed by atoms with Gasteiger partial charge in [0.15, 0.2) is 0 Å². The number of hydrogen-bond donors (Lipinski definition) is 13. The lowest BCUT2D eigenvalue weighted by molar-refractivity contribution is -0.530. The molecule has 5 aliphatic heterocycles. The van der Waals surface area contributed by atoms with Crippen molar-refractivity contribution in [1.82, 2.24) is 88.7 Å². The van der Waals surface area contributed by atoms with E-state index in [9.17, 15) is 76.7 Å². The molecule has 5 heterocycles. The van der Waals surface area contributed by atoms with E-state index < -0.39 is 165 Å². The van der Waals surface area contributed by atoms with Gasteiger partial charge in [0.25, 0.3) is 0 Å². The highest BCUT2D eigenvalue weighted by Crippen LogP contribution is 2.37. The number of carbonyl (C=O) groups is 16. The van der Waals surface area contributed by atoms with Gasteiger partial charge in [0, 0.05) is 45.9 Å². The number of amides is 16. The molecule has 114 heavy (non-hydrogen) atoms. The summed E-state index contributed by atoms with van der Waals surface area (Å²) in [5, 5.41) is 35.6. The first-order valence-corrected chi connectivity index (χ1v) is 41.2. The molecule has 0 aromatic carbocycles. The molecule has 0 spiro atoms. The van der Waals surface area contributed by atoms with Crippen LogP contribution < -0.4 is 69.1 Å². The molecule has 0 bridgehead atoms. The van der Waals surface area contributed by atoms with Crippen LogP contribution >= 0.6 is 0 Å². The maximum atomic E-state index is 14.4. The topological polar surface area (TPSA) is 445 Å². The third kappa shape index (κ3) is 26.3. The van der Waals surface area contributed by atoms with E-state index in [1.54, 1.807) is 27.7 Å². The Kier molecular flexibility index (Phi) is 32.6. The summed E-state index contributed by atoms with van der Waals surface area (Å²) in [6.45, 7) is 34.0. The Bertz CT molecular complexity index is 3620. The maximum absolute atomic E-state index is 14.4. The summed E-state index contributed by atoms with van der Waals surface area (Å²) in [5.74, 6) is -8.20. The number of nitrogens with zero attached hydrogens (tertiary/aromatic N) is 5. The van der Waals surface area contributed by atoms with E-state index >= 15 is 0 Å². The average molecular weight is 1610 g/mol. The van der Waals surface area contributed by atoms with Crippen LogP contribution in [0, 0.1) is 17.8 Å². The van der Waals surface area contributed by atoms with Crippen LogP contribution in [0.15, 0.2) is 0 Å². The standard InChI is InChI=1S/C80H134N18O16/c1-48(2)42-52(47-95-38-27-37-94-36-26-31-61(94)95)84-68(109)75(10,11)88-63(104)54(44-50(5)6)85-59(101)45-83-67(108)74(8,9)89-65(106)56-29-22-25-41-98(56)73(114)79(18,19)93-71(112)80(33-34-80)87-60(102)46-82-58(100)32-35-81-62(103)53(43-49(3)4)86-69(110)76(12,13)92-70(111)77(14,15)90-66(107)57-30-21-24-40-97(57)72(113)78(16,17)91-64(105)55-28-20-23-39-96(55)51(7)99/h48-50,52-57H,20-47H2,1-19H3,(H12-,81,82,83,84,85,86,87,88,89,90,91,92,93,100,101,102,103,104,105,106,107,108,109,110,111,112)/p+1. The van der Waals surface area contributed by atoms with Crippen molar-refractivity contribution in [1.29, 1.82) is 0 Å². The van der Waals surface area contributed by atoms with Crippen molar-refractivity contribution in [3.05, 3.63) is 0 Å². The van der Waals surface area contributed by atoms with E-state index in [1.807, 2.05) is 27.7 Å². The molecule has 1 aliphatic carbocycles. The van der Waals surface area contributed by atoms with Crippen molar-refractivity contribution in [3.63, 3.8) is 0 Å². The average Bonchev–Trinajstić information content (AvgIpc) is 1.55. The van der Waals surface area contributed by atoms with Crippen LogP contribution in [-0.4, -0.2) is 265 Å². The molecule has 1 saturated carbocycles. The zero-order chi connectivity index (χ0) is 85.4. The minimum absolute atomic E-state index is 0.0571. The smallest absolute Gasteiger partial charge is 0.248 e. The lowest BCUT2D eigenvalue weighted by Crippen LogP contribution is -2.67. The molecule has 6 unspecified atom stereocenters. The van der Waals surface area contributed by atoms with Gasteiger partial charge >= 0.3 is 0 Å². The van der Waals surface area contributed by atoms with E-state index in [0.29, 0.717) is 51.1 Å². The summed E-state index contributed by atoms with van der Waals surface area (Å²) >= 11 is 0. The van der Waals surface area contributed by atoms with E-state index in [2.05, 4.69) is 92.4 Å². The summed E-state index contributed by atoms with van der Waals surface area (Å²) in [6.07, 6.45) is 9.14. The van der Waals surface area contributed by atoms with Gasteiger partial charge in [-0.2, -0.15) is 0 Å². The Balaban J connectivity index is 0.928. The van der Waals surface area contributed by atoms with Gasteiger partial charge in [-0.05, 0) is 197 Å². The van der Waals surface area contributed by atoms with Gasteiger partial charge in [-0.1, -0.05) is 41.5 Å². The second kappa shape index (κ2) is 39.6. The quantitative estimate of drug-likeness (QED) is 0.0375. The van der Waals surface area contributed by atoms with Crippen molar-refractivity contribution >= 4 is 100 Å². The molecule has 640 valence electrons. The highest BCUT2D eigenvalue weighted by molar-refractivity contribution is 6.03. The largest absolute Gasteiger partial charge is 0.354 e. The zero-order valence-corrected chi connectivity index (χ0v) is 71.3. The fraction of sp³-hybridized carbons (Fsp3) is 0.787. The Morgan fingerprint density at radius 2 is 0.877 bits per heavy atom. The summed E-state index contributed by atoms with van der Waals surface area (Å²) in [4.78, 5) is 227. The Labute approximate surface area is 672 Å². The van der Waals surface area contributed by atoms with Crippen LogP contribution in [0.2, 0.25) is 0 Å². The van der Waals surface area contributed by atoms with Crippen LogP contribution in [-0.2, 0) is 76.7 Å². The van der Waals surface area contributed by atoms with Crippen LogP contribution in [0.4, 0.5) is 0 Å². The fourth-order valence-electron chi connectivity index (χ4n) is 15.3. The van der Waals surface area contributed by atoms with Gasteiger partial charge < -0.3 is 83.8 Å². The first-order chi connectivity index (χ1) is 52.9. The first kappa shape index (κ1) is 93.8. The van der Waals surface area contributed by atoms with Gasteiger partial charge in [0.1, 0.15) is 75.5 Å². The summed E-state index contributed by atoms with van der Waals surface area (Å²) < 4.78 is 2.43. The van der Waals surface area contributed by atoms with Crippen LogP contribution in [0.3, 0.4) is 0 Å². The number of rotatable bonds is 37. The van der Waals surface area contributed by atoms with Gasteiger partial charge in [-0.15, -0.1) is 0 Å². The van der Waals surface area contributed by atoms with Crippen LogP contribution in [0.5, 0.6) is 0 Å². The summed E-state index contributed by atoms with van der Waals surface area (Å²) in [5.41, 5.74) is -10.8. The maximum Gasteiger partial charge on any atom is 0.248 e. The number of carbonyl (C=O) groups excluding carboxylic acids is 16. The van der Waals surface area contributed by atoms with Gasteiger partial charge in [0.2, 0.25) is 100 Å². The molecule has 6 aliphatic rings. The van der Waals surface area contributed by atoms with Crippen LogP contribution in [0.1, 0.15) is 247 Å². The normalized spacial score (nSPS) is 19.5. The summed E-state index contributed by atoms with van der Waals surface area (Å²) in [6, 6.07) is -5.17. The van der Waals surface area contributed by atoms with E-state index in [0.717, 1.165) is 58.2 Å². The highest BCUT2D eigenvalue weighted by Gasteiger charge is 2.54. The SMILES string of the molecule is CC(=O)N1CCCCC1C(=O)NC(C)(C)C(=O)N1CCCCC1C(=O)NC(C)(C)C(=O)NC(C)(C)C(=O)NC(CC(C)C)C(=O)NCCC(=O)NCC(=O)NC1(C(=O)NC(C)(C)C(=O)N2CCCCC2C(=O)NC(C)(C)C(=O)NCC(=O)NC(CC(C)C)C(=O)NC(C)(C)C(=O)NC(CC(C)C)CN2CCC[N+]3=C2CCC3)CC1. The fourth-order valence-corrected chi connectivity index (χ4v) is 15.3. The number of hydrogen-bond acceptors (Lipinski definition) is 17. The highest BCUT2D eigenvalue weighted by atomic mass is 16.2. The number of piperidine rings is 3. The number of likely N-dealkylation sites (tertiary alicyclic amines) is 3. The zero-order valence-electron chi connectivity index (χ0n) is 71.3. The van der Waals surface area contributed by atoms with Crippen molar-refractivity contribution in [2.24, 2.45) is 17.8 Å². The van der Waals surface area contributed by atoms with Crippen molar-refractivity contribution < 1.29 is 81.3 Å². The molecule has 0 aromatic heterocycles. The third-order valence-electron chi connectivity index (χ3n) is 22.0. The minimum atomic E-state index is -1.66. The van der Waals surface area contributed by atoms with Gasteiger partial charge in [-0.25, -0.2) is 0 Å². The monoisotopic (exact) mass is 1600 g/mol. The molecule has 0 radical (unpaired) electrons. The second-order valence-corrected chi connectivity index (χ2v) is 36.5. The van der Waals surface area contributed by atoms with Crippen LogP contribution in [0.25, 0.3) is 0 Å². The molecular formula is C80H135N18O16+. The molecule has 6 atom stereocenters. The number of nitrogens with one attached hydrogen (secondary N) is 13. The van der Waals surface area contributed by atoms with E-state index in [4.69, 9.17) is 0 Å². The summed E-state index contributed by atoms with van der Waals surface area (Å²) in [7, 11) is 0. The Hall–Kier alpha value is -9.01. The second-order valence-electron chi connectivity index (χ2n) is 36.5. The molecule has 6 rings (SSSR count). The van der Waals surface area contributed by atoms with E-state index in [1.165, 1.54) is 82.8 Å². The lowest BCUT2D eigenvalue weighted by Gasteiger charge is -2.42. The first-order valence-electron chi connectivity index (χ1n) is 41.2. The number of amidine groups is 1. The molecule has 34 nitrogen and oxygen atoms in total. The van der Waals surface area contributed by atoms with E-state index in [-0.39, 0.29) is 94.3 Å². The predicted octanol–water partition coefficient (Wildman–Crippen LogP) is 0.409. The van der Waals surface area contributed by atoms with Crippen molar-refractivity contribution in [2.45, 2.75) is 322 Å². The molecule has 13 N–H and O–H groups in total. The molecular weight excluding hydrogens is 1470 g/mol. The Morgan fingerprint density at radius 3 is 1.39 bits per heavy atom. The van der Waals surface area contributed by atoms with Gasteiger partial charge in [-0.3, -0.25) is 86.2 Å². The molecule has 4 fully saturated rings. The molecule has 34 heteroatoms. The van der Waals surface area contributed by atoms with Crippen molar-refractivity contribution in [2.75, 3.05) is 65.4 Å². The molecule has 3 saturated heterocycles. The minimum Gasteiger partial charge on any atom is -0.354 e. The molecule has 0 aromatic rings. The van der Waals surface area contributed by atoms with Crippen molar-refractivity contribution in [3.8, 4) is 0 Å². The lowest BCUT2D eigenvalue weighted by atomic mass is 9.93. The molecule has 16 amide bonds.